The third-order valence-corrected chi connectivity index (χ3v) is 5.60. The van der Waals surface area contributed by atoms with Crippen LogP contribution in [0.5, 0.6) is 0 Å². The normalized spacial score (nSPS) is 16.9. The third kappa shape index (κ3) is 4.75. The van der Waals surface area contributed by atoms with E-state index in [2.05, 4.69) is 58.9 Å². The lowest BCUT2D eigenvalue weighted by atomic mass is 9.95. The van der Waals surface area contributed by atoms with E-state index >= 15 is 0 Å². The second kappa shape index (κ2) is 9.20. The number of hydrogen-bond acceptors (Lipinski definition) is 4. The number of halogens is 1. The zero-order valence-electron chi connectivity index (χ0n) is 17.2. The van der Waals surface area contributed by atoms with Crippen molar-refractivity contribution >= 4 is 17.6 Å². The van der Waals surface area contributed by atoms with E-state index < -0.39 is 0 Å². The molecule has 154 valence electrons. The van der Waals surface area contributed by atoms with Gasteiger partial charge in [0.15, 0.2) is 0 Å². The van der Waals surface area contributed by atoms with E-state index in [9.17, 15) is 4.39 Å². The largest absolute Gasteiger partial charge is 0.355 e. The van der Waals surface area contributed by atoms with Crippen LogP contribution in [0.25, 0.3) is 0 Å². The first-order chi connectivity index (χ1) is 14.6. The van der Waals surface area contributed by atoms with Gasteiger partial charge >= 0.3 is 0 Å². The lowest BCUT2D eigenvalue weighted by Gasteiger charge is -2.35. The van der Waals surface area contributed by atoms with Crippen LogP contribution in [0, 0.1) is 18.2 Å². The van der Waals surface area contributed by atoms with Crippen LogP contribution in [-0.4, -0.2) is 30.7 Å². The summed E-state index contributed by atoms with van der Waals surface area (Å²) in [6, 6.07) is 21.2. The Hall–Kier alpha value is -3.02. The summed E-state index contributed by atoms with van der Waals surface area (Å²) in [4.78, 5) is 2.48. The van der Waals surface area contributed by atoms with E-state index in [0.717, 1.165) is 43.1 Å². The SMILES string of the molecule is Cc1cc(Nc2ccc(F)cc2)c(C=N)cc1C1CN(Cc2ccccc2)CCN1. The molecule has 1 fully saturated rings. The minimum Gasteiger partial charge on any atom is -0.355 e. The number of rotatable bonds is 6. The van der Waals surface area contributed by atoms with Crippen molar-refractivity contribution in [2.75, 3.05) is 25.0 Å². The minimum absolute atomic E-state index is 0.223. The van der Waals surface area contributed by atoms with Crippen LogP contribution < -0.4 is 10.6 Å². The Morgan fingerprint density at radius 1 is 1.13 bits per heavy atom. The smallest absolute Gasteiger partial charge is 0.123 e. The first kappa shape index (κ1) is 20.3. The molecule has 0 radical (unpaired) electrons. The van der Waals surface area contributed by atoms with E-state index in [0.29, 0.717) is 0 Å². The van der Waals surface area contributed by atoms with Crippen molar-refractivity contribution in [2.45, 2.75) is 19.5 Å². The molecule has 1 atom stereocenters. The Kier molecular flexibility index (Phi) is 6.21. The van der Waals surface area contributed by atoms with Crippen LogP contribution in [-0.2, 0) is 6.54 Å². The van der Waals surface area contributed by atoms with E-state index in [1.54, 1.807) is 12.1 Å². The van der Waals surface area contributed by atoms with Crippen molar-refractivity contribution in [3.05, 3.63) is 94.8 Å². The van der Waals surface area contributed by atoms with Gasteiger partial charge in [-0.05, 0) is 60.0 Å². The van der Waals surface area contributed by atoms with Crippen LogP contribution in [0.3, 0.4) is 0 Å². The van der Waals surface area contributed by atoms with Gasteiger partial charge in [-0.15, -0.1) is 0 Å². The molecule has 0 saturated carbocycles. The average Bonchev–Trinajstić information content (AvgIpc) is 2.76. The van der Waals surface area contributed by atoms with Gasteiger partial charge in [0.25, 0.3) is 0 Å². The van der Waals surface area contributed by atoms with Gasteiger partial charge in [-0.1, -0.05) is 30.3 Å². The molecule has 1 aliphatic heterocycles. The molecule has 1 unspecified atom stereocenters. The molecule has 0 amide bonds. The molecule has 1 aliphatic rings. The highest BCUT2D eigenvalue weighted by molar-refractivity contribution is 5.88. The number of aryl methyl sites for hydroxylation is 1. The second-order valence-corrected chi connectivity index (χ2v) is 7.80. The summed E-state index contributed by atoms with van der Waals surface area (Å²) in [5, 5.41) is 14.9. The Bertz CT molecular complexity index is 1000. The number of nitrogens with zero attached hydrogens (tertiary/aromatic N) is 1. The van der Waals surface area contributed by atoms with Crippen molar-refractivity contribution in [3.63, 3.8) is 0 Å². The van der Waals surface area contributed by atoms with Crippen LogP contribution in [0.15, 0.2) is 66.7 Å². The van der Waals surface area contributed by atoms with Crippen molar-refractivity contribution in [3.8, 4) is 0 Å². The molecule has 5 heteroatoms. The lowest BCUT2D eigenvalue weighted by molar-refractivity contribution is 0.193. The summed E-state index contributed by atoms with van der Waals surface area (Å²) < 4.78 is 13.2. The number of piperazine rings is 1. The van der Waals surface area contributed by atoms with Crippen LogP contribution in [0.4, 0.5) is 15.8 Å². The molecule has 30 heavy (non-hydrogen) atoms. The van der Waals surface area contributed by atoms with Gasteiger partial charge in [-0.3, -0.25) is 4.90 Å². The highest BCUT2D eigenvalue weighted by atomic mass is 19.1. The molecule has 4 rings (SSSR count). The second-order valence-electron chi connectivity index (χ2n) is 7.80. The van der Waals surface area contributed by atoms with E-state index in [-0.39, 0.29) is 11.9 Å². The van der Waals surface area contributed by atoms with Gasteiger partial charge < -0.3 is 16.0 Å². The predicted octanol–water partition coefficient (Wildman–Crippen LogP) is 5.02. The molecular weight excluding hydrogens is 375 g/mol. The molecule has 0 aromatic heterocycles. The number of hydrogen-bond donors (Lipinski definition) is 3. The average molecular weight is 403 g/mol. The monoisotopic (exact) mass is 402 g/mol. The highest BCUT2D eigenvalue weighted by Crippen LogP contribution is 2.29. The molecule has 3 aromatic rings. The molecular formula is C25H27FN4. The molecule has 4 nitrogen and oxygen atoms in total. The molecule has 3 N–H and O–H groups in total. The Labute approximate surface area is 177 Å². The van der Waals surface area contributed by atoms with Crippen LogP contribution in [0.1, 0.15) is 28.3 Å². The molecule has 0 aliphatic carbocycles. The fourth-order valence-corrected chi connectivity index (χ4v) is 4.04. The molecule has 3 aromatic carbocycles. The fraction of sp³-hybridized carbons (Fsp3) is 0.240. The maximum Gasteiger partial charge on any atom is 0.123 e. The zero-order valence-corrected chi connectivity index (χ0v) is 17.2. The first-order valence-corrected chi connectivity index (χ1v) is 10.3. The van der Waals surface area contributed by atoms with Crippen LogP contribution in [0.2, 0.25) is 0 Å². The Morgan fingerprint density at radius 2 is 1.90 bits per heavy atom. The maximum atomic E-state index is 13.2. The number of benzene rings is 3. The highest BCUT2D eigenvalue weighted by Gasteiger charge is 2.23. The van der Waals surface area contributed by atoms with Crippen molar-refractivity contribution in [1.82, 2.24) is 10.2 Å². The van der Waals surface area contributed by atoms with Gasteiger partial charge in [-0.2, -0.15) is 0 Å². The fourth-order valence-electron chi connectivity index (χ4n) is 4.04. The van der Waals surface area contributed by atoms with Gasteiger partial charge in [0, 0.05) is 55.4 Å². The molecule has 1 heterocycles. The number of nitrogens with one attached hydrogen (secondary N) is 3. The van der Waals surface area contributed by atoms with Crippen molar-refractivity contribution in [1.29, 1.82) is 5.41 Å². The zero-order chi connectivity index (χ0) is 20.9. The van der Waals surface area contributed by atoms with E-state index in [1.807, 2.05) is 6.07 Å². The standard InChI is InChI=1S/C25H27FN4/c1-18-13-24(29-22-9-7-21(26)8-10-22)20(15-27)14-23(18)25-17-30(12-11-28-25)16-19-5-3-2-4-6-19/h2-10,13-15,25,27-29H,11-12,16-17H2,1H3. The number of anilines is 2. The third-order valence-electron chi connectivity index (χ3n) is 5.60. The minimum atomic E-state index is -0.261. The van der Waals surface area contributed by atoms with Gasteiger partial charge in [0.1, 0.15) is 5.82 Å². The van der Waals surface area contributed by atoms with Crippen LogP contribution >= 0.6 is 0 Å². The summed E-state index contributed by atoms with van der Waals surface area (Å²) in [7, 11) is 0. The molecule has 0 spiro atoms. The Balaban J connectivity index is 1.53. The summed E-state index contributed by atoms with van der Waals surface area (Å²) in [5.74, 6) is -0.261. The maximum absolute atomic E-state index is 13.2. The van der Waals surface area contributed by atoms with Gasteiger partial charge in [0.05, 0.1) is 0 Å². The predicted molar refractivity (Wildman–Crippen MR) is 121 cm³/mol. The summed E-state index contributed by atoms with van der Waals surface area (Å²) >= 11 is 0. The summed E-state index contributed by atoms with van der Waals surface area (Å²) in [6.07, 6.45) is 1.37. The lowest BCUT2D eigenvalue weighted by Crippen LogP contribution is -2.45. The quantitative estimate of drug-likeness (QED) is 0.507. The topological polar surface area (TPSA) is 51.2 Å². The molecule has 0 bridgehead atoms. The van der Waals surface area contributed by atoms with Crippen molar-refractivity contribution < 1.29 is 4.39 Å². The molecule has 1 saturated heterocycles. The summed E-state index contributed by atoms with van der Waals surface area (Å²) in [5.41, 5.74) is 6.20. The van der Waals surface area contributed by atoms with E-state index in [4.69, 9.17) is 5.41 Å². The first-order valence-electron chi connectivity index (χ1n) is 10.3. The van der Waals surface area contributed by atoms with Crippen molar-refractivity contribution in [2.24, 2.45) is 0 Å². The Morgan fingerprint density at radius 3 is 2.63 bits per heavy atom. The summed E-state index contributed by atoms with van der Waals surface area (Å²) in [6.45, 7) is 5.94. The van der Waals surface area contributed by atoms with E-state index in [1.165, 1.54) is 35.0 Å². The van der Waals surface area contributed by atoms with Gasteiger partial charge in [0.2, 0.25) is 0 Å². The van der Waals surface area contributed by atoms with Gasteiger partial charge in [-0.25, -0.2) is 4.39 Å².